The molecule has 0 aromatic heterocycles. The number of nitrogens with one attached hydrogen (secondary N) is 1. The van der Waals surface area contributed by atoms with Crippen molar-refractivity contribution in [2.24, 2.45) is 0 Å². The first kappa shape index (κ1) is 26.5. The van der Waals surface area contributed by atoms with Gasteiger partial charge in [0.05, 0.1) is 0 Å². The molecule has 5 nitrogen and oxygen atoms in total. The largest absolute Gasteiger partial charge is 0.489 e. The van der Waals surface area contributed by atoms with Crippen molar-refractivity contribution >= 4 is 29.1 Å². The lowest BCUT2D eigenvalue weighted by molar-refractivity contribution is -0.139. The molecule has 0 saturated heterocycles. The second-order valence-electron chi connectivity index (χ2n) is 9.13. The molecule has 1 aliphatic rings. The van der Waals surface area contributed by atoms with E-state index in [0.29, 0.717) is 24.3 Å². The molecule has 4 aromatic carbocycles. The van der Waals surface area contributed by atoms with Crippen molar-refractivity contribution in [1.82, 2.24) is 5.32 Å². The van der Waals surface area contributed by atoms with Crippen LogP contribution < -0.4 is 14.8 Å². The summed E-state index contributed by atoms with van der Waals surface area (Å²) in [4.78, 5) is 10.9. The van der Waals surface area contributed by atoms with Gasteiger partial charge < -0.3 is 19.9 Å². The Morgan fingerprint density at radius 3 is 2.65 bits per heavy atom. The van der Waals surface area contributed by atoms with Crippen LogP contribution in [0.3, 0.4) is 0 Å². The first-order valence-electron chi connectivity index (χ1n) is 12.1. The highest BCUT2D eigenvalue weighted by molar-refractivity contribution is 5.86. The Hall–Kier alpha value is -3.61. The lowest BCUT2D eigenvalue weighted by Gasteiger charge is -2.33. The zero-order valence-corrected chi connectivity index (χ0v) is 21.2. The molecule has 1 unspecified atom stereocenters. The summed E-state index contributed by atoms with van der Waals surface area (Å²) in [6.07, 6.45) is 0.399. The Morgan fingerprint density at radius 1 is 1.05 bits per heavy atom. The third kappa shape index (κ3) is 5.87. The minimum Gasteiger partial charge on any atom is -0.489 e. The van der Waals surface area contributed by atoms with E-state index in [1.165, 1.54) is 28.5 Å². The molecule has 5 rings (SSSR count). The molecule has 2 N–H and O–H groups in total. The monoisotopic (exact) mass is 521 g/mol. The van der Waals surface area contributed by atoms with Crippen molar-refractivity contribution in [3.05, 3.63) is 107 Å². The van der Waals surface area contributed by atoms with E-state index in [-0.39, 0.29) is 36.3 Å². The third-order valence-corrected chi connectivity index (χ3v) is 6.73. The highest BCUT2D eigenvalue weighted by Crippen LogP contribution is 2.42. The normalized spacial score (nSPS) is 17.2. The van der Waals surface area contributed by atoms with Crippen molar-refractivity contribution in [2.45, 2.75) is 31.4 Å². The fourth-order valence-corrected chi connectivity index (χ4v) is 4.98. The van der Waals surface area contributed by atoms with Crippen LogP contribution in [0.4, 0.5) is 4.39 Å². The van der Waals surface area contributed by atoms with Crippen LogP contribution in [-0.2, 0) is 4.79 Å². The minimum atomic E-state index is -1.08. The van der Waals surface area contributed by atoms with Gasteiger partial charge in [0, 0.05) is 24.1 Å². The zero-order chi connectivity index (χ0) is 25.1. The summed E-state index contributed by atoms with van der Waals surface area (Å²) < 4.78 is 26.7. The predicted molar refractivity (Wildman–Crippen MR) is 144 cm³/mol. The lowest BCUT2D eigenvalue weighted by atomic mass is 9.83. The van der Waals surface area contributed by atoms with E-state index < -0.39 is 12.6 Å². The van der Waals surface area contributed by atoms with Gasteiger partial charge in [-0.2, -0.15) is 0 Å². The maximum atomic E-state index is 15.0. The van der Waals surface area contributed by atoms with E-state index in [9.17, 15) is 4.79 Å². The fraction of sp³-hybridized carbons (Fsp3) is 0.233. The molecule has 0 radical (unpaired) electrons. The quantitative estimate of drug-likeness (QED) is 0.277. The number of carboxylic acids is 1. The van der Waals surface area contributed by atoms with Crippen LogP contribution >= 0.6 is 12.4 Å². The number of hydrogen-bond acceptors (Lipinski definition) is 4. The zero-order valence-electron chi connectivity index (χ0n) is 20.4. The van der Waals surface area contributed by atoms with Crippen LogP contribution in [0.2, 0.25) is 0 Å². The van der Waals surface area contributed by atoms with Crippen LogP contribution in [0.15, 0.2) is 84.9 Å². The molecular weight excluding hydrogens is 493 g/mol. The van der Waals surface area contributed by atoms with E-state index in [4.69, 9.17) is 14.6 Å². The van der Waals surface area contributed by atoms with Gasteiger partial charge in [0.15, 0.2) is 6.61 Å². The molecule has 0 fully saturated rings. The number of fused-ring (bicyclic) bond motifs is 2. The van der Waals surface area contributed by atoms with Gasteiger partial charge in [0.25, 0.3) is 0 Å². The molecule has 0 spiro atoms. The van der Waals surface area contributed by atoms with E-state index in [2.05, 4.69) is 42.6 Å². The van der Waals surface area contributed by atoms with Crippen molar-refractivity contribution < 1.29 is 23.8 Å². The summed E-state index contributed by atoms with van der Waals surface area (Å²) in [5.74, 6) is -0.617. The molecule has 0 saturated carbocycles. The van der Waals surface area contributed by atoms with Gasteiger partial charge in [-0.1, -0.05) is 60.7 Å². The first-order chi connectivity index (χ1) is 17.5. The number of aliphatic carboxylic acids is 1. The minimum absolute atomic E-state index is 0. The fourth-order valence-electron chi connectivity index (χ4n) is 4.98. The van der Waals surface area contributed by atoms with Gasteiger partial charge in [-0.05, 0) is 59.5 Å². The molecule has 37 heavy (non-hydrogen) atoms. The molecule has 0 aliphatic carbocycles. The second-order valence-corrected chi connectivity index (χ2v) is 9.13. The van der Waals surface area contributed by atoms with E-state index in [1.807, 2.05) is 36.4 Å². The Labute approximate surface area is 221 Å². The number of para-hydroxylation sites is 1. The third-order valence-electron chi connectivity index (χ3n) is 6.73. The molecule has 0 amide bonds. The van der Waals surface area contributed by atoms with Crippen LogP contribution in [0.5, 0.6) is 11.5 Å². The number of carbonyl (C=O) groups is 1. The molecule has 192 valence electrons. The van der Waals surface area contributed by atoms with Crippen molar-refractivity contribution in [3.63, 3.8) is 0 Å². The molecular formula is C30H29ClFNO4. The maximum absolute atomic E-state index is 15.0. The Balaban J connectivity index is 0.00000320. The average Bonchev–Trinajstić information content (AvgIpc) is 2.90. The lowest BCUT2D eigenvalue weighted by Crippen LogP contribution is -2.37. The summed E-state index contributed by atoms with van der Waals surface area (Å²) in [5.41, 5.74) is 2.60. The Kier molecular flexibility index (Phi) is 8.31. The Morgan fingerprint density at radius 2 is 1.81 bits per heavy atom. The van der Waals surface area contributed by atoms with E-state index in [1.54, 1.807) is 6.07 Å². The molecule has 0 bridgehead atoms. The van der Waals surface area contributed by atoms with Crippen molar-refractivity contribution in [2.75, 3.05) is 13.2 Å². The topological polar surface area (TPSA) is 67.8 Å². The molecule has 4 aromatic rings. The first-order valence-corrected chi connectivity index (χ1v) is 12.1. The van der Waals surface area contributed by atoms with Gasteiger partial charge in [-0.15, -0.1) is 12.4 Å². The summed E-state index contributed by atoms with van der Waals surface area (Å²) >= 11 is 0. The smallest absolute Gasteiger partial charge is 0.341 e. The highest BCUT2D eigenvalue weighted by atomic mass is 35.5. The molecule has 1 aliphatic heterocycles. The summed E-state index contributed by atoms with van der Waals surface area (Å²) in [6, 6.07) is 26.8. The summed E-state index contributed by atoms with van der Waals surface area (Å²) in [5, 5.41) is 15.0. The predicted octanol–water partition coefficient (Wildman–Crippen LogP) is 6.50. The number of benzene rings is 4. The van der Waals surface area contributed by atoms with Crippen LogP contribution in [-0.4, -0.2) is 30.3 Å². The Bertz CT molecular complexity index is 1390. The number of carboxylic acid groups (broad SMARTS) is 1. The van der Waals surface area contributed by atoms with Crippen LogP contribution in [0.25, 0.3) is 10.8 Å². The maximum Gasteiger partial charge on any atom is 0.341 e. The van der Waals surface area contributed by atoms with Crippen molar-refractivity contribution in [3.8, 4) is 11.5 Å². The number of rotatable bonds is 8. The van der Waals surface area contributed by atoms with Crippen molar-refractivity contribution in [1.29, 1.82) is 0 Å². The second kappa shape index (κ2) is 11.6. The SMILES string of the molecule is CC(NC[C@H]1C[C@@H](c2cc(OCC(=O)O)ccc2F)c2ccccc2O1)c1cccc2ccccc12.Cl. The van der Waals surface area contributed by atoms with Gasteiger partial charge in [-0.25, -0.2) is 9.18 Å². The van der Waals surface area contributed by atoms with Gasteiger partial charge in [0.1, 0.15) is 23.4 Å². The highest BCUT2D eigenvalue weighted by Gasteiger charge is 2.31. The summed E-state index contributed by atoms with van der Waals surface area (Å²) in [7, 11) is 0. The van der Waals surface area contributed by atoms with Crippen LogP contribution in [0, 0.1) is 5.82 Å². The molecule has 7 heteroatoms. The van der Waals surface area contributed by atoms with Crippen LogP contribution in [0.1, 0.15) is 42.0 Å². The van der Waals surface area contributed by atoms with Gasteiger partial charge in [0.2, 0.25) is 0 Å². The number of halogens is 2. The number of hydrogen-bond donors (Lipinski definition) is 2. The summed E-state index contributed by atoms with van der Waals surface area (Å²) in [6.45, 7) is 2.25. The standard InChI is InChI=1S/C30H28FNO4.ClH/c1-19(23-11-6-8-20-7-2-3-9-24(20)23)32-17-22-16-26(25-10-4-5-12-29(25)36-22)27-15-21(13-14-28(27)31)35-18-30(33)34;/h2-15,19,22,26,32H,16-18H2,1H3,(H,33,34);1H/t19?,22-,26-;/m1./s1. The van der Waals surface area contributed by atoms with E-state index in [0.717, 1.165) is 11.3 Å². The van der Waals surface area contributed by atoms with Gasteiger partial charge >= 0.3 is 5.97 Å². The van der Waals surface area contributed by atoms with E-state index >= 15 is 4.39 Å². The number of ether oxygens (including phenoxy) is 2. The molecule has 3 atom stereocenters. The molecule has 1 heterocycles. The average molecular weight is 522 g/mol. The van der Waals surface area contributed by atoms with Gasteiger partial charge in [-0.3, -0.25) is 0 Å².